The van der Waals surface area contributed by atoms with Gasteiger partial charge in [-0.3, -0.25) is 0 Å². The number of hydrogen-bond donors (Lipinski definition) is 1. The number of nitro groups is 1. The lowest BCUT2D eigenvalue weighted by Crippen LogP contribution is -2.23. The number of nitrogens with one attached hydrogen (secondary N) is 1. The van der Waals surface area contributed by atoms with E-state index in [0.29, 0.717) is 6.07 Å². The summed E-state index contributed by atoms with van der Waals surface area (Å²) in [5.74, 6) is -2.68. The van der Waals surface area contributed by atoms with Gasteiger partial charge in [-0.05, 0) is 4.92 Å². The summed E-state index contributed by atoms with van der Waals surface area (Å²) in [5.41, 5.74) is -1.41. The lowest BCUT2D eigenvalue weighted by molar-refractivity contribution is -0.389. The SMILES string of the molecule is COc1cc([N+](=O)[O-])[nH]c(=O)c1OC(F)(F)F. The van der Waals surface area contributed by atoms with E-state index >= 15 is 0 Å². The predicted molar refractivity (Wildman–Crippen MR) is 47.0 cm³/mol. The monoisotopic (exact) mass is 254 g/mol. The van der Waals surface area contributed by atoms with Gasteiger partial charge in [0.25, 0.3) is 5.75 Å². The molecule has 7 nitrogen and oxygen atoms in total. The molecule has 0 saturated heterocycles. The van der Waals surface area contributed by atoms with Crippen molar-refractivity contribution < 1.29 is 27.6 Å². The maximum Gasteiger partial charge on any atom is 0.573 e. The molecule has 1 aromatic rings. The molecule has 0 amide bonds. The van der Waals surface area contributed by atoms with E-state index in [1.807, 2.05) is 0 Å². The van der Waals surface area contributed by atoms with E-state index in [9.17, 15) is 28.1 Å². The van der Waals surface area contributed by atoms with Gasteiger partial charge in [0, 0.05) is 0 Å². The number of alkyl halides is 3. The molecule has 0 radical (unpaired) electrons. The molecule has 0 saturated carbocycles. The Labute approximate surface area is 90.9 Å². The van der Waals surface area contributed by atoms with Crippen LogP contribution in [-0.4, -0.2) is 23.4 Å². The smallest absolute Gasteiger partial charge is 0.492 e. The molecule has 0 bridgehead atoms. The van der Waals surface area contributed by atoms with Crippen LogP contribution in [0, 0.1) is 10.1 Å². The minimum absolute atomic E-state index is 0.614. The van der Waals surface area contributed by atoms with Crippen LogP contribution in [0.1, 0.15) is 0 Å². The number of pyridine rings is 1. The number of aromatic amines is 1. The van der Waals surface area contributed by atoms with Gasteiger partial charge < -0.3 is 19.6 Å². The number of H-pyrrole nitrogens is 1. The molecule has 1 rings (SSSR count). The summed E-state index contributed by atoms with van der Waals surface area (Å²) < 4.78 is 43.6. The summed E-state index contributed by atoms with van der Waals surface area (Å²) in [4.78, 5) is 22.1. The van der Waals surface area contributed by atoms with Crippen LogP contribution in [0.2, 0.25) is 0 Å². The average Bonchev–Trinajstić information content (AvgIpc) is 2.18. The molecule has 0 aliphatic carbocycles. The Morgan fingerprint density at radius 1 is 1.47 bits per heavy atom. The van der Waals surface area contributed by atoms with Crippen molar-refractivity contribution in [3.8, 4) is 11.5 Å². The van der Waals surface area contributed by atoms with Crippen molar-refractivity contribution >= 4 is 5.82 Å². The lowest BCUT2D eigenvalue weighted by Gasteiger charge is -2.10. The highest BCUT2D eigenvalue weighted by Gasteiger charge is 2.35. The van der Waals surface area contributed by atoms with Crippen molar-refractivity contribution in [2.24, 2.45) is 0 Å². The molecule has 0 spiro atoms. The van der Waals surface area contributed by atoms with Crippen molar-refractivity contribution in [1.29, 1.82) is 0 Å². The number of rotatable bonds is 3. The molecule has 0 unspecified atom stereocenters. The van der Waals surface area contributed by atoms with E-state index in [1.165, 1.54) is 0 Å². The fourth-order valence-electron chi connectivity index (χ4n) is 0.973. The van der Waals surface area contributed by atoms with Gasteiger partial charge in [0.2, 0.25) is 0 Å². The average molecular weight is 254 g/mol. The number of aromatic nitrogens is 1. The van der Waals surface area contributed by atoms with Crippen molar-refractivity contribution in [3.63, 3.8) is 0 Å². The highest BCUT2D eigenvalue weighted by Crippen LogP contribution is 2.30. The molecule has 0 atom stereocenters. The molecule has 0 aliphatic rings. The summed E-state index contributed by atoms with van der Waals surface area (Å²) in [6, 6.07) is 0.614. The van der Waals surface area contributed by atoms with Gasteiger partial charge in [0.05, 0.1) is 13.2 Å². The first kappa shape index (κ1) is 12.8. The molecule has 17 heavy (non-hydrogen) atoms. The van der Waals surface area contributed by atoms with E-state index in [1.54, 1.807) is 4.98 Å². The third kappa shape index (κ3) is 3.09. The van der Waals surface area contributed by atoms with Gasteiger partial charge in [0.1, 0.15) is 0 Å². The zero-order valence-corrected chi connectivity index (χ0v) is 8.20. The minimum Gasteiger partial charge on any atom is -0.492 e. The van der Waals surface area contributed by atoms with Gasteiger partial charge in [-0.15, -0.1) is 13.2 Å². The van der Waals surface area contributed by atoms with Gasteiger partial charge in [-0.2, -0.15) is 4.98 Å². The van der Waals surface area contributed by atoms with Crippen molar-refractivity contribution in [2.75, 3.05) is 7.11 Å². The second-order valence-corrected chi connectivity index (χ2v) is 2.69. The highest BCUT2D eigenvalue weighted by molar-refractivity contribution is 5.43. The zero-order valence-electron chi connectivity index (χ0n) is 8.20. The maximum absolute atomic E-state index is 11.9. The second kappa shape index (κ2) is 4.31. The first-order valence-electron chi connectivity index (χ1n) is 3.96. The van der Waals surface area contributed by atoms with Gasteiger partial charge in [-0.1, -0.05) is 0 Å². The second-order valence-electron chi connectivity index (χ2n) is 2.69. The van der Waals surface area contributed by atoms with Gasteiger partial charge >= 0.3 is 17.7 Å². The third-order valence-corrected chi connectivity index (χ3v) is 1.57. The summed E-state index contributed by atoms with van der Waals surface area (Å²) >= 11 is 0. The quantitative estimate of drug-likeness (QED) is 0.645. The Kier molecular flexibility index (Phi) is 3.25. The molecule has 94 valence electrons. The van der Waals surface area contributed by atoms with Gasteiger partial charge in [-0.25, -0.2) is 4.79 Å². The van der Waals surface area contributed by atoms with Crippen LogP contribution in [0.15, 0.2) is 10.9 Å². The van der Waals surface area contributed by atoms with E-state index < -0.39 is 34.2 Å². The fourth-order valence-corrected chi connectivity index (χ4v) is 0.973. The standard InChI is InChI=1S/C7H5F3N2O5/c1-16-3-2-4(12(14)15)11-6(13)5(3)17-7(8,9)10/h2H,1H3,(H,11,13). The van der Waals surface area contributed by atoms with E-state index in [-0.39, 0.29) is 0 Å². The Balaban J connectivity index is 3.32. The fraction of sp³-hybridized carbons (Fsp3) is 0.286. The molecule has 1 aromatic heterocycles. The molecule has 1 N–H and O–H groups in total. The Hall–Kier alpha value is -2.26. The summed E-state index contributed by atoms with van der Waals surface area (Å²) in [5, 5.41) is 10.3. The van der Waals surface area contributed by atoms with Crippen LogP contribution in [-0.2, 0) is 0 Å². The van der Waals surface area contributed by atoms with Crippen LogP contribution in [0.25, 0.3) is 0 Å². The zero-order chi connectivity index (χ0) is 13.2. The molecular formula is C7H5F3N2O5. The summed E-state index contributed by atoms with van der Waals surface area (Å²) in [6.07, 6.45) is -5.10. The Morgan fingerprint density at radius 2 is 2.06 bits per heavy atom. The molecule has 0 aliphatic heterocycles. The van der Waals surface area contributed by atoms with Crippen LogP contribution in [0.5, 0.6) is 11.5 Å². The van der Waals surface area contributed by atoms with Crippen LogP contribution in [0.3, 0.4) is 0 Å². The first-order chi connectivity index (χ1) is 7.74. The third-order valence-electron chi connectivity index (χ3n) is 1.57. The summed E-state index contributed by atoms with van der Waals surface area (Å²) in [7, 11) is 0.946. The number of halogens is 3. The van der Waals surface area contributed by atoms with E-state index in [2.05, 4.69) is 9.47 Å². The Morgan fingerprint density at radius 3 is 2.47 bits per heavy atom. The maximum atomic E-state index is 11.9. The van der Waals surface area contributed by atoms with Gasteiger partial charge in [0.15, 0.2) is 5.75 Å². The number of methoxy groups -OCH3 is 1. The highest BCUT2D eigenvalue weighted by atomic mass is 19.4. The summed E-state index contributed by atoms with van der Waals surface area (Å²) in [6.45, 7) is 0. The largest absolute Gasteiger partial charge is 0.573 e. The van der Waals surface area contributed by atoms with E-state index in [0.717, 1.165) is 7.11 Å². The lowest BCUT2D eigenvalue weighted by atomic mass is 10.4. The molecule has 0 aromatic carbocycles. The molecule has 1 heterocycles. The number of nitrogens with zero attached hydrogens (tertiary/aromatic N) is 1. The number of hydrogen-bond acceptors (Lipinski definition) is 5. The molecule has 0 fully saturated rings. The van der Waals surface area contributed by atoms with Crippen LogP contribution < -0.4 is 15.0 Å². The first-order valence-corrected chi connectivity index (χ1v) is 3.96. The topological polar surface area (TPSA) is 94.5 Å². The number of ether oxygens (including phenoxy) is 2. The van der Waals surface area contributed by atoms with Crippen molar-refractivity contribution in [1.82, 2.24) is 4.98 Å². The molecule has 10 heteroatoms. The van der Waals surface area contributed by atoms with Crippen LogP contribution >= 0.6 is 0 Å². The van der Waals surface area contributed by atoms with Crippen molar-refractivity contribution in [3.05, 3.63) is 26.5 Å². The van der Waals surface area contributed by atoms with Crippen LogP contribution in [0.4, 0.5) is 19.0 Å². The van der Waals surface area contributed by atoms with E-state index in [4.69, 9.17) is 0 Å². The normalized spacial score (nSPS) is 11.1. The van der Waals surface area contributed by atoms with Crippen molar-refractivity contribution in [2.45, 2.75) is 6.36 Å². The molecular weight excluding hydrogens is 249 g/mol. The minimum atomic E-state index is -5.10. The Bertz CT molecular complexity index is 495. The predicted octanol–water partition coefficient (Wildman–Crippen LogP) is 1.19.